The lowest BCUT2D eigenvalue weighted by Crippen LogP contribution is -2.31. The first-order chi connectivity index (χ1) is 8.44. The molecule has 3 nitrogen and oxygen atoms in total. The Bertz CT molecular complexity index is 325. The summed E-state index contributed by atoms with van der Waals surface area (Å²) in [6, 6.07) is 0.523. The first-order valence-electron chi connectivity index (χ1n) is 7.38. The van der Waals surface area contributed by atoms with Crippen LogP contribution in [0.4, 0.5) is 0 Å². The maximum absolute atomic E-state index is 11.7. The van der Waals surface area contributed by atoms with E-state index in [1.165, 1.54) is 19.3 Å². The van der Waals surface area contributed by atoms with Gasteiger partial charge < -0.3 is 5.32 Å². The fourth-order valence-corrected chi connectivity index (χ4v) is 4.38. The van der Waals surface area contributed by atoms with E-state index in [2.05, 4.69) is 19.2 Å². The molecule has 1 aliphatic carbocycles. The lowest BCUT2D eigenvalue weighted by molar-refractivity contribution is 0.348. The first kappa shape index (κ1) is 16.0. The molecule has 0 saturated heterocycles. The van der Waals surface area contributed by atoms with Crippen molar-refractivity contribution in [3.63, 3.8) is 0 Å². The topological polar surface area (TPSA) is 46.2 Å². The summed E-state index contributed by atoms with van der Waals surface area (Å²) in [5, 5.41) is 3.49. The van der Waals surface area contributed by atoms with Crippen LogP contribution >= 0.6 is 0 Å². The highest BCUT2D eigenvalue weighted by atomic mass is 32.2. The van der Waals surface area contributed by atoms with Crippen LogP contribution in [0.1, 0.15) is 52.9 Å². The quantitative estimate of drug-likeness (QED) is 0.740. The number of rotatable bonds is 8. The molecule has 0 heterocycles. The van der Waals surface area contributed by atoms with Gasteiger partial charge in [-0.25, -0.2) is 8.42 Å². The summed E-state index contributed by atoms with van der Waals surface area (Å²) in [5.41, 5.74) is 0. The number of nitrogens with one attached hydrogen (secondary N) is 1. The SMILES string of the molecule is CCCS(=O)(=O)CCC1CCCC1CNC(C)C. The van der Waals surface area contributed by atoms with E-state index in [0.717, 1.165) is 19.4 Å². The summed E-state index contributed by atoms with van der Waals surface area (Å²) in [6.07, 6.45) is 5.35. The van der Waals surface area contributed by atoms with Crippen molar-refractivity contribution < 1.29 is 8.42 Å². The van der Waals surface area contributed by atoms with Gasteiger partial charge in [0.05, 0.1) is 5.75 Å². The molecule has 0 radical (unpaired) electrons. The van der Waals surface area contributed by atoms with E-state index >= 15 is 0 Å². The van der Waals surface area contributed by atoms with Gasteiger partial charge in [0.1, 0.15) is 9.84 Å². The molecule has 0 spiro atoms. The summed E-state index contributed by atoms with van der Waals surface area (Å²) < 4.78 is 23.5. The van der Waals surface area contributed by atoms with Crippen LogP contribution in [0.3, 0.4) is 0 Å². The molecular formula is C14H29NO2S. The van der Waals surface area contributed by atoms with Gasteiger partial charge in [0.25, 0.3) is 0 Å². The van der Waals surface area contributed by atoms with Gasteiger partial charge in [-0.2, -0.15) is 0 Å². The molecule has 0 bridgehead atoms. The maximum Gasteiger partial charge on any atom is 0.150 e. The largest absolute Gasteiger partial charge is 0.314 e. The van der Waals surface area contributed by atoms with Gasteiger partial charge in [-0.1, -0.05) is 33.6 Å². The smallest absolute Gasteiger partial charge is 0.150 e. The molecule has 1 aliphatic rings. The van der Waals surface area contributed by atoms with Crippen LogP contribution in [0.5, 0.6) is 0 Å². The molecule has 0 aromatic heterocycles. The zero-order valence-corrected chi connectivity index (χ0v) is 12.9. The Labute approximate surface area is 113 Å². The molecule has 1 fully saturated rings. The average molecular weight is 275 g/mol. The van der Waals surface area contributed by atoms with Crippen LogP contribution < -0.4 is 5.32 Å². The van der Waals surface area contributed by atoms with Gasteiger partial charge in [-0.15, -0.1) is 0 Å². The third-order valence-corrected chi connectivity index (χ3v) is 5.81. The Morgan fingerprint density at radius 2 is 1.83 bits per heavy atom. The Morgan fingerprint density at radius 1 is 1.17 bits per heavy atom. The molecule has 1 saturated carbocycles. The Kier molecular flexibility index (Phi) is 6.64. The highest BCUT2D eigenvalue weighted by molar-refractivity contribution is 7.91. The molecule has 18 heavy (non-hydrogen) atoms. The van der Waals surface area contributed by atoms with E-state index < -0.39 is 9.84 Å². The molecule has 108 valence electrons. The number of hydrogen-bond donors (Lipinski definition) is 1. The molecule has 0 aliphatic heterocycles. The Balaban J connectivity index is 2.36. The molecule has 0 aromatic carbocycles. The summed E-state index contributed by atoms with van der Waals surface area (Å²) in [7, 11) is -2.79. The molecule has 1 N–H and O–H groups in total. The van der Waals surface area contributed by atoms with Crippen LogP contribution in [-0.4, -0.2) is 32.5 Å². The minimum atomic E-state index is -2.79. The normalized spacial score (nSPS) is 24.9. The average Bonchev–Trinajstić information content (AvgIpc) is 2.71. The second kappa shape index (κ2) is 7.49. The Hall–Kier alpha value is -0.0900. The van der Waals surface area contributed by atoms with Crippen molar-refractivity contribution in [3.05, 3.63) is 0 Å². The van der Waals surface area contributed by atoms with Crippen molar-refractivity contribution >= 4 is 9.84 Å². The maximum atomic E-state index is 11.7. The van der Waals surface area contributed by atoms with Crippen LogP contribution in [0.25, 0.3) is 0 Å². The second-order valence-electron chi connectivity index (χ2n) is 5.95. The summed E-state index contributed by atoms with van der Waals surface area (Å²) in [6.45, 7) is 7.31. The van der Waals surface area contributed by atoms with Gasteiger partial charge in [0.15, 0.2) is 0 Å². The van der Waals surface area contributed by atoms with Gasteiger partial charge in [-0.3, -0.25) is 0 Å². The van der Waals surface area contributed by atoms with E-state index in [1.54, 1.807) is 0 Å². The van der Waals surface area contributed by atoms with E-state index in [9.17, 15) is 8.42 Å². The molecule has 2 atom stereocenters. The third kappa shape index (κ3) is 5.70. The molecule has 0 amide bonds. The summed E-state index contributed by atoms with van der Waals surface area (Å²) in [5.74, 6) is 2.05. The molecular weight excluding hydrogens is 246 g/mol. The van der Waals surface area contributed by atoms with E-state index in [0.29, 0.717) is 29.4 Å². The van der Waals surface area contributed by atoms with Crippen molar-refractivity contribution in [1.82, 2.24) is 5.32 Å². The van der Waals surface area contributed by atoms with Crippen LogP contribution in [-0.2, 0) is 9.84 Å². The van der Waals surface area contributed by atoms with Crippen molar-refractivity contribution in [2.75, 3.05) is 18.1 Å². The van der Waals surface area contributed by atoms with Crippen molar-refractivity contribution in [2.24, 2.45) is 11.8 Å². The predicted molar refractivity (Wildman–Crippen MR) is 77.5 cm³/mol. The van der Waals surface area contributed by atoms with Crippen LogP contribution in [0.2, 0.25) is 0 Å². The number of sulfone groups is 1. The monoisotopic (exact) mass is 275 g/mol. The second-order valence-corrected chi connectivity index (χ2v) is 8.26. The molecule has 2 unspecified atom stereocenters. The van der Waals surface area contributed by atoms with E-state index in [1.807, 2.05) is 6.92 Å². The highest BCUT2D eigenvalue weighted by Gasteiger charge is 2.28. The predicted octanol–water partition coefficient (Wildman–Crippen LogP) is 2.62. The lowest BCUT2D eigenvalue weighted by Gasteiger charge is -2.21. The minimum absolute atomic E-state index is 0.356. The highest BCUT2D eigenvalue weighted by Crippen LogP contribution is 2.34. The fraction of sp³-hybridized carbons (Fsp3) is 1.00. The van der Waals surface area contributed by atoms with Crippen molar-refractivity contribution in [1.29, 1.82) is 0 Å². The summed E-state index contributed by atoms with van der Waals surface area (Å²) in [4.78, 5) is 0. The van der Waals surface area contributed by atoms with Crippen molar-refractivity contribution in [3.8, 4) is 0 Å². The van der Waals surface area contributed by atoms with Crippen LogP contribution in [0.15, 0.2) is 0 Å². The van der Waals surface area contributed by atoms with E-state index in [4.69, 9.17) is 0 Å². The van der Waals surface area contributed by atoms with Gasteiger partial charge in [-0.05, 0) is 37.6 Å². The molecule has 1 rings (SSSR count). The molecule has 0 aromatic rings. The van der Waals surface area contributed by atoms with Crippen molar-refractivity contribution in [2.45, 2.75) is 58.9 Å². The zero-order chi connectivity index (χ0) is 13.6. The molecule has 4 heteroatoms. The van der Waals surface area contributed by atoms with Gasteiger partial charge >= 0.3 is 0 Å². The van der Waals surface area contributed by atoms with E-state index in [-0.39, 0.29) is 0 Å². The van der Waals surface area contributed by atoms with Gasteiger partial charge in [0, 0.05) is 11.8 Å². The minimum Gasteiger partial charge on any atom is -0.314 e. The number of hydrogen-bond acceptors (Lipinski definition) is 3. The third-order valence-electron chi connectivity index (χ3n) is 3.92. The lowest BCUT2D eigenvalue weighted by atomic mass is 9.93. The standard InChI is InChI=1S/C14H29NO2S/c1-4-9-18(16,17)10-8-13-6-5-7-14(13)11-15-12(2)3/h12-15H,4-11H2,1-3H3. The fourth-order valence-electron chi connectivity index (χ4n) is 2.89. The summed E-state index contributed by atoms with van der Waals surface area (Å²) >= 11 is 0. The zero-order valence-electron chi connectivity index (χ0n) is 12.1. The Morgan fingerprint density at radius 3 is 2.44 bits per heavy atom. The first-order valence-corrected chi connectivity index (χ1v) is 9.20. The van der Waals surface area contributed by atoms with Crippen LogP contribution in [0, 0.1) is 11.8 Å². The van der Waals surface area contributed by atoms with Gasteiger partial charge in [0.2, 0.25) is 0 Å².